The Morgan fingerprint density at radius 1 is 1.25 bits per heavy atom. The zero-order chi connectivity index (χ0) is 22.5. The smallest absolute Gasteiger partial charge is 0.339 e. The molecule has 0 spiro atoms. The summed E-state index contributed by atoms with van der Waals surface area (Å²) in [7, 11) is 1.56. The van der Waals surface area contributed by atoms with E-state index >= 15 is 0 Å². The normalized spacial score (nSPS) is 13.9. The third-order valence-corrected chi connectivity index (χ3v) is 5.75. The van der Waals surface area contributed by atoms with Gasteiger partial charge < -0.3 is 24.1 Å². The van der Waals surface area contributed by atoms with Gasteiger partial charge in [0.15, 0.2) is 0 Å². The van der Waals surface area contributed by atoms with Crippen LogP contribution in [0.4, 0.5) is 5.82 Å². The number of anilines is 1. The van der Waals surface area contributed by atoms with Gasteiger partial charge in [-0.25, -0.2) is 9.78 Å². The van der Waals surface area contributed by atoms with E-state index in [1.807, 2.05) is 31.2 Å². The number of pyridine rings is 1. The van der Waals surface area contributed by atoms with E-state index in [0.717, 1.165) is 35.4 Å². The van der Waals surface area contributed by atoms with Crippen LogP contribution in [0.5, 0.6) is 5.75 Å². The number of morpholine rings is 1. The monoisotopic (exact) mass is 437 g/mol. The molecule has 0 radical (unpaired) electrons. The van der Waals surface area contributed by atoms with Crippen LogP contribution in [0.1, 0.15) is 23.1 Å². The van der Waals surface area contributed by atoms with E-state index < -0.39 is 5.63 Å². The molecular formula is C24H27N3O5. The van der Waals surface area contributed by atoms with E-state index in [-0.39, 0.29) is 12.3 Å². The summed E-state index contributed by atoms with van der Waals surface area (Å²) < 4.78 is 16.1. The summed E-state index contributed by atoms with van der Waals surface area (Å²) in [6.07, 6.45) is 2.26. The predicted molar refractivity (Wildman–Crippen MR) is 121 cm³/mol. The number of benzene rings is 1. The summed E-state index contributed by atoms with van der Waals surface area (Å²) in [6, 6.07) is 9.22. The van der Waals surface area contributed by atoms with E-state index in [1.165, 1.54) is 0 Å². The van der Waals surface area contributed by atoms with Gasteiger partial charge in [0.2, 0.25) is 5.91 Å². The maximum atomic E-state index is 12.5. The van der Waals surface area contributed by atoms with Gasteiger partial charge in [-0.2, -0.15) is 0 Å². The summed E-state index contributed by atoms with van der Waals surface area (Å²) in [5.74, 6) is 1.37. The molecule has 0 aliphatic carbocycles. The Bertz CT molecular complexity index is 1170. The number of carbonyl (C=O) groups is 1. The zero-order valence-corrected chi connectivity index (χ0v) is 18.3. The first-order valence-corrected chi connectivity index (χ1v) is 10.7. The number of hydrogen-bond acceptors (Lipinski definition) is 7. The van der Waals surface area contributed by atoms with Crippen molar-refractivity contribution in [3.63, 3.8) is 0 Å². The first kappa shape index (κ1) is 21.8. The van der Waals surface area contributed by atoms with Gasteiger partial charge in [0, 0.05) is 54.8 Å². The minimum Gasteiger partial charge on any atom is -0.497 e. The summed E-state index contributed by atoms with van der Waals surface area (Å²) in [4.78, 5) is 31.7. The van der Waals surface area contributed by atoms with Crippen LogP contribution in [-0.2, 0) is 22.5 Å². The summed E-state index contributed by atoms with van der Waals surface area (Å²) in [5.41, 5.74) is 2.37. The first-order chi connectivity index (χ1) is 15.6. The molecule has 0 atom stereocenters. The van der Waals surface area contributed by atoms with Crippen molar-refractivity contribution in [2.24, 2.45) is 0 Å². The molecule has 1 aliphatic rings. The molecule has 1 aliphatic heterocycles. The van der Waals surface area contributed by atoms with Gasteiger partial charge in [-0.05, 0) is 37.1 Å². The Balaban J connectivity index is 1.41. The topological polar surface area (TPSA) is 93.9 Å². The molecule has 8 nitrogen and oxygen atoms in total. The Kier molecular flexibility index (Phi) is 6.70. The number of carbonyl (C=O) groups excluding carboxylic acids is 1. The van der Waals surface area contributed by atoms with Crippen molar-refractivity contribution in [3.05, 3.63) is 63.6 Å². The fraction of sp³-hybridized carbons (Fsp3) is 0.375. The van der Waals surface area contributed by atoms with Crippen LogP contribution in [0, 0.1) is 6.92 Å². The molecule has 4 rings (SSSR count). The number of nitrogens with zero attached hydrogens (tertiary/aromatic N) is 2. The Labute approximate surface area is 186 Å². The maximum absolute atomic E-state index is 12.5. The highest BCUT2D eigenvalue weighted by atomic mass is 16.5. The highest BCUT2D eigenvalue weighted by Gasteiger charge is 2.17. The van der Waals surface area contributed by atoms with Gasteiger partial charge in [-0.15, -0.1) is 0 Å². The van der Waals surface area contributed by atoms with Crippen LogP contribution in [0.2, 0.25) is 0 Å². The van der Waals surface area contributed by atoms with E-state index in [2.05, 4.69) is 15.2 Å². The van der Waals surface area contributed by atoms with Crippen molar-refractivity contribution >= 4 is 22.7 Å². The van der Waals surface area contributed by atoms with Crippen LogP contribution >= 0.6 is 0 Å². The zero-order valence-electron chi connectivity index (χ0n) is 18.3. The number of methoxy groups -OCH3 is 1. The fourth-order valence-electron chi connectivity index (χ4n) is 3.94. The molecule has 32 heavy (non-hydrogen) atoms. The number of amides is 1. The van der Waals surface area contributed by atoms with Crippen molar-refractivity contribution in [2.75, 3.05) is 38.3 Å². The second kappa shape index (κ2) is 9.82. The number of hydrogen-bond donors (Lipinski definition) is 1. The molecule has 8 heteroatoms. The van der Waals surface area contributed by atoms with Gasteiger partial charge in [0.25, 0.3) is 0 Å². The first-order valence-electron chi connectivity index (χ1n) is 10.7. The molecule has 168 valence electrons. The third kappa shape index (κ3) is 4.75. The molecule has 3 aromatic rings. The van der Waals surface area contributed by atoms with Crippen LogP contribution < -0.4 is 20.6 Å². The Morgan fingerprint density at radius 2 is 2.06 bits per heavy atom. The summed E-state index contributed by atoms with van der Waals surface area (Å²) in [5, 5.41) is 3.79. The van der Waals surface area contributed by atoms with Gasteiger partial charge in [-0.3, -0.25) is 4.79 Å². The van der Waals surface area contributed by atoms with Crippen LogP contribution in [0.3, 0.4) is 0 Å². The molecular weight excluding hydrogens is 410 g/mol. The second-order valence-corrected chi connectivity index (χ2v) is 7.72. The number of fused-ring (bicyclic) bond motifs is 1. The molecule has 2 aromatic heterocycles. The van der Waals surface area contributed by atoms with Gasteiger partial charge >= 0.3 is 5.63 Å². The quantitative estimate of drug-likeness (QED) is 0.568. The number of aryl methyl sites for hydroxylation is 1. The predicted octanol–water partition coefficient (Wildman–Crippen LogP) is 2.59. The molecule has 3 heterocycles. The van der Waals surface area contributed by atoms with E-state index in [9.17, 15) is 9.59 Å². The van der Waals surface area contributed by atoms with E-state index in [4.69, 9.17) is 13.9 Å². The third-order valence-electron chi connectivity index (χ3n) is 5.75. The lowest BCUT2D eigenvalue weighted by atomic mass is 10.0. The van der Waals surface area contributed by atoms with Gasteiger partial charge in [0.1, 0.15) is 17.2 Å². The number of rotatable bonds is 7. The van der Waals surface area contributed by atoms with Gasteiger partial charge in [0.05, 0.1) is 20.3 Å². The molecule has 0 saturated carbocycles. The molecule has 0 bridgehead atoms. The van der Waals surface area contributed by atoms with Crippen LogP contribution in [0.15, 0.2) is 45.7 Å². The lowest BCUT2D eigenvalue weighted by molar-refractivity contribution is -0.121. The standard InChI is InChI=1S/C24H27N3O5/c1-16-19-6-5-18(30-2)14-21(19)32-24(29)20(16)7-8-22(28)26-15-17-4-3-9-25-23(17)27-10-12-31-13-11-27/h3-6,9,14H,7-8,10-13,15H2,1-2H3,(H,26,28). The highest BCUT2D eigenvalue weighted by molar-refractivity contribution is 5.82. The molecule has 1 saturated heterocycles. The summed E-state index contributed by atoms with van der Waals surface area (Å²) in [6.45, 7) is 5.15. The van der Waals surface area contributed by atoms with Crippen molar-refractivity contribution in [1.82, 2.24) is 10.3 Å². The minimum atomic E-state index is -0.419. The molecule has 1 amide bonds. The Morgan fingerprint density at radius 3 is 2.84 bits per heavy atom. The SMILES string of the molecule is COc1ccc2c(C)c(CCC(=O)NCc3cccnc3N3CCOCC3)c(=O)oc2c1. The molecule has 1 N–H and O–H groups in total. The number of aromatic nitrogens is 1. The largest absolute Gasteiger partial charge is 0.497 e. The fourth-order valence-corrected chi connectivity index (χ4v) is 3.94. The highest BCUT2D eigenvalue weighted by Crippen LogP contribution is 2.24. The second-order valence-electron chi connectivity index (χ2n) is 7.72. The van der Waals surface area contributed by atoms with Crippen molar-refractivity contribution in [3.8, 4) is 5.75 Å². The minimum absolute atomic E-state index is 0.129. The van der Waals surface area contributed by atoms with E-state index in [1.54, 1.807) is 19.4 Å². The van der Waals surface area contributed by atoms with Crippen molar-refractivity contribution in [2.45, 2.75) is 26.3 Å². The van der Waals surface area contributed by atoms with Crippen LogP contribution in [0.25, 0.3) is 11.0 Å². The van der Waals surface area contributed by atoms with Crippen LogP contribution in [-0.4, -0.2) is 44.3 Å². The average Bonchev–Trinajstić information content (AvgIpc) is 2.83. The number of ether oxygens (including phenoxy) is 2. The van der Waals surface area contributed by atoms with Gasteiger partial charge in [-0.1, -0.05) is 6.07 Å². The van der Waals surface area contributed by atoms with E-state index in [0.29, 0.717) is 43.1 Å². The molecule has 0 unspecified atom stereocenters. The molecule has 1 fully saturated rings. The lowest BCUT2D eigenvalue weighted by Crippen LogP contribution is -2.37. The summed E-state index contributed by atoms with van der Waals surface area (Å²) >= 11 is 0. The Hall–Kier alpha value is -3.39. The number of nitrogens with one attached hydrogen (secondary N) is 1. The average molecular weight is 437 g/mol. The lowest BCUT2D eigenvalue weighted by Gasteiger charge is -2.29. The maximum Gasteiger partial charge on any atom is 0.339 e. The van der Waals surface area contributed by atoms with Crippen molar-refractivity contribution < 1.29 is 18.7 Å². The molecule has 1 aromatic carbocycles. The van der Waals surface area contributed by atoms with Crippen molar-refractivity contribution in [1.29, 1.82) is 0 Å².